The highest BCUT2D eigenvalue weighted by Crippen LogP contribution is 2.69. The van der Waals surface area contributed by atoms with E-state index in [-0.39, 0.29) is 5.41 Å². The summed E-state index contributed by atoms with van der Waals surface area (Å²) in [6.07, 6.45) is 17.4. The van der Waals surface area contributed by atoms with Gasteiger partial charge in [0.05, 0.1) is 5.60 Å². The minimum atomic E-state index is -0.414. The summed E-state index contributed by atoms with van der Waals surface area (Å²) in [7, 11) is 0. The zero-order valence-electron chi connectivity index (χ0n) is 23.7. The molecular formula is C32H58O. The molecule has 0 heterocycles. The van der Waals surface area contributed by atoms with Gasteiger partial charge in [-0.25, -0.2) is 0 Å². The quantitative estimate of drug-likeness (QED) is 0.420. The highest BCUT2D eigenvalue weighted by molar-refractivity contribution is 5.11. The van der Waals surface area contributed by atoms with Crippen LogP contribution in [0.5, 0.6) is 0 Å². The van der Waals surface area contributed by atoms with Crippen LogP contribution in [0.4, 0.5) is 0 Å². The van der Waals surface area contributed by atoms with Gasteiger partial charge in [0.25, 0.3) is 0 Å². The standard InChI is InChI=1S/C32H58O/c1-22(2)10-9-11-23(3)26-14-15-27-25-13-12-24-20-32(33,21-29(4,5)6)19-18-30(24,7)28(25)16-17-31(26,27)8/h22-28,33H,9-21H2,1-8H3/t23-,24+,25-,26+,27-,28-,30-,31+,32+/m0/s1. The third-order valence-electron chi connectivity index (χ3n) is 11.9. The predicted molar refractivity (Wildman–Crippen MR) is 142 cm³/mol. The first-order chi connectivity index (χ1) is 15.3. The number of fused-ring (bicyclic) bond motifs is 5. The Morgan fingerprint density at radius 3 is 2.18 bits per heavy atom. The van der Waals surface area contributed by atoms with Crippen LogP contribution in [0, 0.1) is 57.7 Å². The lowest BCUT2D eigenvalue weighted by atomic mass is 9.43. The van der Waals surface area contributed by atoms with E-state index in [4.69, 9.17) is 0 Å². The molecule has 0 aromatic carbocycles. The molecule has 0 aromatic rings. The van der Waals surface area contributed by atoms with Gasteiger partial charge in [-0.3, -0.25) is 0 Å². The van der Waals surface area contributed by atoms with Gasteiger partial charge in [0.15, 0.2) is 0 Å². The third-order valence-corrected chi connectivity index (χ3v) is 11.9. The minimum Gasteiger partial charge on any atom is -0.390 e. The molecule has 1 heteroatoms. The Kier molecular flexibility index (Phi) is 7.19. The van der Waals surface area contributed by atoms with Gasteiger partial charge < -0.3 is 5.11 Å². The van der Waals surface area contributed by atoms with Crippen LogP contribution in [-0.4, -0.2) is 10.7 Å². The molecule has 1 N–H and O–H groups in total. The Bertz CT molecular complexity index is 674. The summed E-state index contributed by atoms with van der Waals surface area (Å²) in [6, 6.07) is 0. The monoisotopic (exact) mass is 458 g/mol. The van der Waals surface area contributed by atoms with Crippen molar-refractivity contribution in [3.63, 3.8) is 0 Å². The van der Waals surface area contributed by atoms with Crippen LogP contribution in [0.3, 0.4) is 0 Å². The van der Waals surface area contributed by atoms with Crippen molar-refractivity contribution in [3.05, 3.63) is 0 Å². The van der Waals surface area contributed by atoms with Gasteiger partial charge in [0, 0.05) is 0 Å². The molecule has 33 heavy (non-hydrogen) atoms. The molecule has 4 fully saturated rings. The SMILES string of the molecule is CC(C)CCC[C@H](C)[C@H]1CC[C@H]2[C@@H]3CC[C@@H]4C[C@@](O)(CC(C)(C)C)CC[C@]4(C)[C@H]3CC[C@]12C. The summed E-state index contributed by atoms with van der Waals surface area (Å²) in [5, 5.41) is 11.5. The van der Waals surface area contributed by atoms with E-state index in [0.717, 1.165) is 60.7 Å². The number of hydrogen-bond acceptors (Lipinski definition) is 1. The minimum absolute atomic E-state index is 0.219. The van der Waals surface area contributed by atoms with E-state index in [2.05, 4.69) is 55.4 Å². The summed E-state index contributed by atoms with van der Waals surface area (Å²) in [5.74, 6) is 6.33. The normalized spacial score (nSPS) is 46.5. The summed E-state index contributed by atoms with van der Waals surface area (Å²) in [6.45, 7) is 19.7. The second kappa shape index (κ2) is 9.12. The Morgan fingerprint density at radius 1 is 0.818 bits per heavy atom. The Morgan fingerprint density at radius 2 is 1.52 bits per heavy atom. The van der Waals surface area contributed by atoms with Crippen LogP contribution >= 0.6 is 0 Å². The van der Waals surface area contributed by atoms with Gasteiger partial charge in [0.2, 0.25) is 0 Å². The fraction of sp³-hybridized carbons (Fsp3) is 1.00. The van der Waals surface area contributed by atoms with Crippen LogP contribution in [-0.2, 0) is 0 Å². The van der Waals surface area contributed by atoms with Crippen molar-refractivity contribution in [2.24, 2.45) is 57.7 Å². The van der Waals surface area contributed by atoms with Crippen LogP contribution in [0.1, 0.15) is 139 Å². The van der Waals surface area contributed by atoms with Crippen molar-refractivity contribution < 1.29 is 5.11 Å². The largest absolute Gasteiger partial charge is 0.390 e. The molecule has 192 valence electrons. The number of aliphatic hydroxyl groups is 1. The third kappa shape index (κ3) is 4.97. The molecule has 0 unspecified atom stereocenters. The van der Waals surface area contributed by atoms with E-state index in [1.165, 1.54) is 64.2 Å². The van der Waals surface area contributed by atoms with Crippen LogP contribution < -0.4 is 0 Å². The first kappa shape index (κ1) is 26.0. The molecule has 0 aliphatic heterocycles. The molecule has 0 radical (unpaired) electrons. The maximum Gasteiger partial charge on any atom is 0.0655 e. The second-order valence-corrected chi connectivity index (χ2v) is 15.9. The molecule has 4 rings (SSSR count). The van der Waals surface area contributed by atoms with Gasteiger partial charge in [0.1, 0.15) is 0 Å². The first-order valence-corrected chi connectivity index (χ1v) is 15.0. The fourth-order valence-corrected chi connectivity index (χ4v) is 10.5. The zero-order chi connectivity index (χ0) is 24.2. The van der Waals surface area contributed by atoms with Gasteiger partial charge >= 0.3 is 0 Å². The van der Waals surface area contributed by atoms with E-state index >= 15 is 0 Å². The Balaban J connectivity index is 1.45. The molecule has 0 spiro atoms. The second-order valence-electron chi connectivity index (χ2n) is 15.9. The van der Waals surface area contributed by atoms with Crippen molar-refractivity contribution in [2.45, 2.75) is 144 Å². The highest BCUT2D eigenvalue weighted by Gasteiger charge is 2.61. The van der Waals surface area contributed by atoms with Gasteiger partial charge in [-0.15, -0.1) is 0 Å². The summed E-state index contributed by atoms with van der Waals surface area (Å²) >= 11 is 0. The molecule has 0 amide bonds. The lowest BCUT2D eigenvalue weighted by Crippen LogP contribution is -2.56. The van der Waals surface area contributed by atoms with Crippen molar-refractivity contribution in [1.82, 2.24) is 0 Å². The zero-order valence-corrected chi connectivity index (χ0v) is 23.7. The average Bonchev–Trinajstić information content (AvgIpc) is 3.04. The highest BCUT2D eigenvalue weighted by atomic mass is 16.3. The van der Waals surface area contributed by atoms with Gasteiger partial charge in [-0.05, 0) is 122 Å². The Hall–Kier alpha value is -0.0400. The topological polar surface area (TPSA) is 20.2 Å². The molecule has 4 saturated carbocycles. The summed E-state index contributed by atoms with van der Waals surface area (Å²) in [4.78, 5) is 0. The molecule has 4 aliphatic carbocycles. The first-order valence-electron chi connectivity index (χ1n) is 15.0. The van der Waals surface area contributed by atoms with Crippen molar-refractivity contribution in [2.75, 3.05) is 0 Å². The lowest BCUT2D eigenvalue weighted by molar-refractivity contribution is -0.158. The average molecular weight is 459 g/mol. The van der Waals surface area contributed by atoms with Crippen molar-refractivity contribution in [1.29, 1.82) is 0 Å². The molecule has 9 atom stereocenters. The maximum absolute atomic E-state index is 11.5. The van der Waals surface area contributed by atoms with Gasteiger partial charge in [-0.1, -0.05) is 74.7 Å². The lowest BCUT2D eigenvalue weighted by Gasteiger charge is -2.62. The van der Waals surface area contributed by atoms with Gasteiger partial charge in [-0.2, -0.15) is 0 Å². The molecule has 4 aliphatic rings. The van der Waals surface area contributed by atoms with E-state index in [1.807, 2.05) is 0 Å². The van der Waals surface area contributed by atoms with E-state index in [9.17, 15) is 5.11 Å². The smallest absolute Gasteiger partial charge is 0.0655 e. The molecular weight excluding hydrogens is 400 g/mol. The Labute approximate surface area is 207 Å². The predicted octanol–water partition coefficient (Wildman–Crippen LogP) is 9.28. The van der Waals surface area contributed by atoms with Crippen LogP contribution in [0.15, 0.2) is 0 Å². The molecule has 0 aromatic heterocycles. The van der Waals surface area contributed by atoms with E-state index in [0.29, 0.717) is 10.8 Å². The number of hydrogen-bond donors (Lipinski definition) is 1. The number of rotatable bonds is 6. The van der Waals surface area contributed by atoms with Crippen LogP contribution in [0.2, 0.25) is 0 Å². The van der Waals surface area contributed by atoms with E-state index < -0.39 is 5.60 Å². The fourth-order valence-electron chi connectivity index (χ4n) is 10.5. The molecule has 1 nitrogen and oxygen atoms in total. The van der Waals surface area contributed by atoms with Crippen molar-refractivity contribution in [3.8, 4) is 0 Å². The van der Waals surface area contributed by atoms with Crippen molar-refractivity contribution >= 4 is 0 Å². The summed E-state index contributed by atoms with van der Waals surface area (Å²) < 4.78 is 0. The maximum atomic E-state index is 11.5. The molecule has 0 bridgehead atoms. The summed E-state index contributed by atoms with van der Waals surface area (Å²) in [5.41, 5.74) is 0.887. The van der Waals surface area contributed by atoms with Crippen LogP contribution in [0.25, 0.3) is 0 Å². The molecule has 0 saturated heterocycles. The van der Waals surface area contributed by atoms with E-state index in [1.54, 1.807) is 0 Å².